The molecule has 0 atom stereocenters. The quantitative estimate of drug-likeness (QED) is 0.121. The Balaban J connectivity index is 1.07. The van der Waals surface area contributed by atoms with Crippen LogP contribution in [0.4, 0.5) is 17.1 Å². The average Bonchev–Trinajstić information content (AvgIpc) is 3.92. The Labute approximate surface area is 474 Å². The lowest BCUT2D eigenvalue weighted by atomic mass is 9.34. The first kappa shape index (κ1) is 48.3. The van der Waals surface area contributed by atoms with Crippen molar-refractivity contribution in [2.75, 3.05) is 4.90 Å². The summed E-state index contributed by atoms with van der Waals surface area (Å²) in [5.74, 6) is 0. The van der Waals surface area contributed by atoms with Crippen LogP contribution in [0.15, 0.2) is 259 Å². The minimum absolute atomic E-state index is 0.0408. The molecule has 2 aliphatic rings. The summed E-state index contributed by atoms with van der Waals surface area (Å²) in [6.07, 6.45) is 0. The van der Waals surface area contributed by atoms with Gasteiger partial charge >= 0.3 is 0 Å². The highest BCUT2D eigenvalue weighted by Crippen LogP contribution is 2.53. The number of anilines is 3. The van der Waals surface area contributed by atoms with Crippen molar-refractivity contribution in [1.82, 2.24) is 4.57 Å². The molecule has 0 unspecified atom stereocenters. The van der Waals surface area contributed by atoms with Gasteiger partial charge in [0.1, 0.15) is 0 Å². The van der Waals surface area contributed by atoms with Crippen LogP contribution in [0.5, 0.6) is 0 Å². The predicted octanol–water partition coefficient (Wildman–Crippen LogP) is 19.1. The molecule has 80 heavy (non-hydrogen) atoms. The number of rotatable bonds is 6. The van der Waals surface area contributed by atoms with Crippen LogP contribution in [0.25, 0.3) is 93.5 Å². The zero-order valence-electron chi connectivity index (χ0n) is 46.1. The summed E-state index contributed by atoms with van der Waals surface area (Å²) in [7, 11) is 0. The molecule has 15 rings (SSSR count). The predicted molar refractivity (Wildman–Crippen MR) is 345 cm³/mol. The van der Waals surface area contributed by atoms with Gasteiger partial charge < -0.3 is 9.47 Å². The van der Waals surface area contributed by atoms with E-state index in [4.69, 9.17) is 0 Å². The molecule has 2 nitrogen and oxygen atoms in total. The van der Waals surface area contributed by atoms with Crippen molar-refractivity contribution in [3.8, 4) is 50.2 Å². The number of para-hydroxylation sites is 2. The fourth-order valence-electron chi connectivity index (χ4n) is 13.2. The first-order valence-electron chi connectivity index (χ1n) is 28.2. The van der Waals surface area contributed by atoms with Crippen molar-refractivity contribution in [3.05, 3.63) is 260 Å². The Morgan fingerprint density at radius 3 is 1.32 bits per heavy atom. The minimum Gasteiger partial charge on any atom is -0.310 e. The molecule has 0 saturated heterocycles. The highest BCUT2D eigenvalue weighted by Gasteiger charge is 2.43. The lowest BCUT2D eigenvalue weighted by Crippen LogP contribution is -2.60. The first-order valence-corrected chi connectivity index (χ1v) is 29.0. The van der Waals surface area contributed by atoms with Gasteiger partial charge in [-0.25, -0.2) is 0 Å². The van der Waals surface area contributed by atoms with Crippen LogP contribution in [0.2, 0.25) is 0 Å². The van der Waals surface area contributed by atoms with Crippen LogP contribution in [-0.2, 0) is 10.8 Å². The molecule has 0 fully saturated rings. The van der Waals surface area contributed by atoms with Gasteiger partial charge in [-0.3, -0.25) is 0 Å². The fraction of sp³-hybridized carbons (Fsp3) is 0.105. The summed E-state index contributed by atoms with van der Waals surface area (Å²) < 4.78 is 2.47. The number of fused-ring (bicyclic) bond motifs is 9. The Bertz CT molecular complexity index is 4470. The third-order valence-corrected chi connectivity index (χ3v) is 18.2. The molecule has 2 aliphatic heterocycles. The minimum atomic E-state index is -0.153. The van der Waals surface area contributed by atoms with E-state index in [1.54, 1.807) is 0 Å². The van der Waals surface area contributed by atoms with Gasteiger partial charge in [0.25, 0.3) is 0 Å². The van der Waals surface area contributed by atoms with Gasteiger partial charge in [-0.05, 0) is 142 Å². The van der Waals surface area contributed by atoms with E-state index in [0.717, 1.165) is 0 Å². The second kappa shape index (κ2) is 18.4. The molecule has 0 spiro atoms. The van der Waals surface area contributed by atoms with Gasteiger partial charge in [-0.15, -0.1) is 0 Å². The van der Waals surface area contributed by atoms with Gasteiger partial charge in [0.2, 0.25) is 6.71 Å². The highest BCUT2D eigenvalue weighted by molar-refractivity contribution is 8.00. The summed E-state index contributed by atoms with van der Waals surface area (Å²) in [4.78, 5) is 5.31. The summed E-state index contributed by atoms with van der Waals surface area (Å²) in [6.45, 7) is 14.1. The smallest absolute Gasteiger partial charge is 0.249 e. The van der Waals surface area contributed by atoms with Gasteiger partial charge in [-0.1, -0.05) is 253 Å². The largest absolute Gasteiger partial charge is 0.310 e. The van der Waals surface area contributed by atoms with Crippen molar-refractivity contribution in [2.24, 2.45) is 0 Å². The van der Waals surface area contributed by atoms with Crippen molar-refractivity contribution in [1.29, 1.82) is 0 Å². The third-order valence-electron chi connectivity index (χ3n) is 17.1. The number of aromatic nitrogens is 1. The van der Waals surface area contributed by atoms with Crippen LogP contribution < -0.4 is 21.3 Å². The Morgan fingerprint density at radius 2 is 0.800 bits per heavy atom. The molecule has 0 amide bonds. The second-order valence-electron chi connectivity index (χ2n) is 24.0. The van der Waals surface area contributed by atoms with Crippen LogP contribution >= 0.6 is 11.8 Å². The molecule has 382 valence electrons. The molecule has 13 aromatic rings. The molecular formula is C76H59BN2S. The van der Waals surface area contributed by atoms with Gasteiger partial charge in [-0.2, -0.15) is 0 Å². The maximum absolute atomic E-state index is 2.71. The normalized spacial score (nSPS) is 13.0. The lowest BCUT2D eigenvalue weighted by molar-refractivity contribution is 0.589. The van der Waals surface area contributed by atoms with Crippen molar-refractivity contribution in [2.45, 2.75) is 62.2 Å². The van der Waals surface area contributed by atoms with Crippen molar-refractivity contribution >= 4 is 95.3 Å². The van der Waals surface area contributed by atoms with Gasteiger partial charge in [0.15, 0.2) is 0 Å². The van der Waals surface area contributed by atoms with E-state index in [2.05, 4.69) is 300 Å². The van der Waals surface area contributed by atoms with Gasteiger partial charge in [0.05, 0.1) is 16.7 Å². The molecule has 0 N–H and O–H groups in total. The maximum Gasteiger partial charge on any atom is 0.249 e. The van der Waals surface area contributed by atoms with E-state index in [0.29, 0.717) is 0 Å². The standard InChI is InChI=1S/C76H59BN2S/c1-75(2,3)52-43-61(48-24-10-7-11-25-48)74(62(44-52)49-26-12-8-13-27-49)79-67-42-51(72-59-34-18-16-32-57(59)71(50-28-14-9-15-29-50)58-33-17-19-35-60(58)72)38-40-63(67)77-64-41-39-54(78-65-36-22-20-30-55(65)56-31-21-23-37-66(56)78)47-69(64)80-70-46-53(76(4,5)6)45-68(79)73(70)77/h7-47H,1-6H3. The van der Waals surface area contributed by atoms with Crippen molar-refractivity contribution in [3.63, 3.8) is 0 Å². The summed E-state index contributed by atoms with van der Waals surface area (Å²) in [6, 6.07) is 94.0. The SMILES string of the molecule is CC(C)(C)c1cc(-c2ccccc2)c(N2c3cc(-c4c5ccccc5c(-c5ccccc5)c5ccccc45)ccc3B3c4ccc(-n5c6ccccc6c6ccccc65)cc4Sc4cc(C(C)(C)C)cc2c43)c(-c2ccccc2)c1. The van der Waals surface area contributed by atoms with E-state index >= 15 is 0 Å². The monoisotopic (exact) mass is 1040 g/mol. The summed E-state index contributed by atoms with van der Waals surface area (Å²) >= 11 is 1.94. The van der Waals surface area contributed by atoms with E-state index in [1.165, 1.54) is 148 Å². The van der Waals surface area contributed by atoms with Crippen LogP contribution in [0.1, 0.15) is 52.7 Å². The molecule has 0 aliphatic carbocycles. The highest BCUT2D eigenvalue weighted by atomic mass is 32.2. The Morgan fingerprint density at radius 1 is 0.350 bits per heavy atom. The molecule has 0 saturated carbocycles. The third kappa shape index (κ3) is 7.64. The summed E-state index contributed by atoms with van der Waals surface area (Å²) in [5, 5.41) is 7.52. The topological polar surface area (TPSA) is 8.17 Å². The van der Waals surface area contributed by atoms with Gasteiger partial charge in [0, 0.05) is 48.8 Å². The number of nitrogens with zero attached hydrogens (tertiary/aromatic N) is 2. The molecule has 1 aromatic heterocycles. The zero-order chi connectivity index (χ0) is 54.0. The molecule has 0 bridgehead atoms. The van der Waals surface area contributed by atoms with Crippen LogP contribution in [0.3, 0.4) is 0 Å². The van der Waals surface area contributed by atoms with Crippen LogP contribution in [0, 0.1) is 0 Å². The van der Waals surface area contributed by atoms with Crippen molar-refractivity contribution < 1.29 is 0 Å². The van der Waals surface area contributed by atoms with Crippen LogP contribution in [-0.4, -0.2) is 11.3 Å². The van der Waals surface area contributed by atoms with E-state index < -0.39 is 0 Å². The Hall–Kier alpha value is -8.83. The molecule has 0 radical (unpaired) electrons. The molecule has 4 heteroatoms. The summed E-state index contributed by atoms with van der Waals surface area (Å²) in [5.41, 5.74) is 23.3. The maximum atomic E-state index is 2.71. The molecular weight excluding hydrogens is 984 g/mol. The number of hydrogen-bond acceptors (Lipinski definition) is 2. The first-order chi connectivity index (χ1) is 39.0. The van der Waals surface area contributed by atoms with E-state index in [9.17, 15) is 0 Å². The Kier molecular flexibility index (Phi) is 11.1. The second-order valence-corrected chi connectivity index (χ2v) is 25.1. The number of benzene rings is 12. The van der Waals surface area contributed by atoms with E-state index in [1.807, 2.05) is 11.8 Å². The van der Waals surface area contributed by atoms with E-state index in [-0.39, 0.29) is 17.5 Å². The molecule has 3 heterocycles. The zero-order valence-corrected chi connectivity index (χ0v) is 46.9. The average molecular weight is 1040 g/mol. The lowest BCUT2D eigenvalue weighted by Gasteiger charge is -2.43. The fourth-order valence-corrected chi connectivity index (χ4v) is 14.5. The molecule has 12 aromatic carbocycles. The number of hydrogen-bond donors (Lipinski definition) is 0.